The Morgan fingerprint density at radius 1 is 1.33 bits per heavy atom. The van der Waals surface area contributed by atoms with Crippen LogP contribution in [0.3, 0.4) is 0 Å². The normalized spacial score (nSPS) is 16.7. The van der Waals surface area contributed by atoms with Crippen molar-refractivity contribution in [2.24, 2.45) is 0 Å². The summed E-state index contributed by atoms with van der Waals surface area (Å²) in [5, 5.41) is 0. The summed E-state index contributed by atoms with van der Waals surface area (Å²) in [7, 11) is -2.45. The number of sulfonamides is 1. The van der Waals surface area contributed by atoms with Crippen molar-refractivity contribution in [1.29, 1.82) is 0 Å². The van der Waals surface area contributed by atoms with Gasteiger partial charge in [0.25, 0.3) is 0 Å². The first-order valence-corrected chi connectivity index (χ1v) is 8.04. The Labute approximate surface area is 123 Å². The predicted octanol–water partition coefficient (Wildman–Crippen LogP) is -0.711. The molecule has 1 aromatic heterocycles. The summed E-state index contributed by atoms with van der Waals surface area (Å²) >= 11 is 0. The van der Waals surface area contributed by atoms with Crippen LogP contribution < -0.4 is 10.6 Å². The number of nitrogens with two attached hydrogens (primary N) is 1. The van der Waals surface area contributed by atoms with Crippen molar-refractivity contribution >= 4 is 27.5 Å². The van der Waals surface area contributed by atoms with E-state index in [0.29, 0.717) is 31.9 Å². The number of nitrogens with zero attached hydrogens (tertiary/aromatic N) is 3. The van der Waals surface area contributed by atoms with Crippen LogP contribution >= 0.6 is 0 Å². The van der Waals surface area contributed by atoms with Gasteiger partial charge in [-0.3, -0.25) is 4.79 Å². The molecule has 1 aliphatic rings. The molecule has 0 unspecified atom stereocenters. The number of hydrogen-bond acceptors (Lipinski definition) is 7. The zero-order valence-electron chi connectivity index (χ0n) is 11.7. The topological polar surface area (TPSA) is 106 Å². The van der Waals surface area contributed by atoms with E-state index >= 15 is 0 Å². The molecule has 0 aromatic carbocycles. The van der Waals surface area contributed by atoms with E-state index in [2.05, 4.69) is 9.72 Å². The summed E-state index contributed by atoms with van der Waals surface area (Å²) < 4.78 is 29.7. The number of esters is 1. The van der Waals surface area contributed by atoms with Crippen LogP contribution in [0.4, 0.5) is 11.5 Å². The number of anilines is 2. The number of rotatable bonds is 4. The quantitative estimate of drug-likeness (QED) is 0.732. The maximum atomic E-state index is 12.0. The summed E-state index contributed by atoms with van der Waals surface area (Å²) in [5.74, 6) is -0.615. The fourth-order valence-corrected chi connectivity index (χ4v) is 3.40. The third-order valence-corrected chi connectivity index (χ3v) is 5.01. The third kappa shape index (κ3) is 3.82. The zero-order valence-corrected chi connectivity index (χ0v) is 12.5. The fourth-order valence-electron chi connectivity index (χ4n) is 2.08. The average Bonchev–Trinajstić information content (AvgIpc) is 2.47. The molecule has 1 saturated heterocycles. The smallest absolute Gasteiger partial charge is 0.322 e. The van der Waals surface area contributed by atoms with Crippen molar-refractivity contribution in [2.75, 3.05) is 49.7 Å². The molecular weight excluding hydrogens is 296 g/mol. The van der Waals surface area contributed by atoms with Gasteiger partial charge >= 0.3 is 5.97 Å². The highest BCUT2D eigenvalue weighted by Gasteiger charge is 2.29. The molecule has 0 atom stereocenters. The Hall–Kier alpha value is -1.87. The van der Waals surface area contributed by atoms with Gasteiger partial charge in [0.1, 0.15) is 5.82 Å². The maximum absolute atomic E-state index is 12.0. The number of piperazine rings is 1. The number of methoxy groups -OCH3 is 1. The second-order valence-electron chi connectivity index (χ2n) is 4.67. The van der Waals surface area contributed by atoms with E-state index in [1.165, 1.54) is 11.4 Å². The summed E-state index contributed by atoms with van der Waals surface area (Å²) in [6.45, 7) is 1.64. The number of pyridine rings is 1. The first kappa shape index (κ1) is 15.5. The highest BCUT2D eigenvalue weighted by atomic mass is 32.2. The molecule has 9 heteroatoms. The van der Waals surface area contributed by atoms with E-state index in [4.69, 9.17) is 5.73 Å². The molecule has 1 aromatic rings. The highest BCUT2D eigenvalue weighted by Crippen LogP contribution is 2.16. The fraction of sp³-hybridized carbons (Fsp3) is 0.500. The first-order chi connectivity index (χ1) is 9.92. The van der Waals surface area contributed by atoms with Crippen molar-refractivity contribution in [2.45, 2.75) is 0 Å². The number of hydrogen-bond donors (Lipinski definition) is 1. The van der Waals surface area contributed by atoms with Crippen LogP contribution in [0.2, 0.25) is 0 Å². The average molecular weight is 314 g/mol. The molecule has 2 rings (SSSR count). The van der Waals surface area contributed by atoms with Gasteiger partial charge in [0, 0.05) is 26.2 Å². The molecule has 21 heavy (non-hydrogen) atoms. The number of carbonyl (C=O) groups excluding carboxylic acids is 1. The minimum absolute atomic E-state index is 0.311. The molecule has 0 radical (unpaired) electrons. The minimum Gasteiger partial charge on any atom is -0.468 e. The van der Waals surface area contributed by atoms with Gasteiger partial charge in [-0.05, 0) is 12.1 Å². The Bertz CT molecular complexity index is 594. The molecule has 0 amide bonds. The Morgan fingerprint density at radius 2 is 2.00 bits per heavy atom. The lowest BCUT2D eigenvalue weighted by Crippen LogP contribution is -2.50. The van der Waals surface area contributed by atoms with E-state index in [-0.39, 0.29) is 0 Å². The van der Waals surface area contributed by atoms with Gasteiger partial charge in [-0.2, -0.15) is 4.31 Å². The molecule has 0 aliphatic carbocycles. The van der Waals surface area contributed by atoms with Gasteiger partial charge in [-0.1, -0.05) is 0 Å². The van der Waals surface area contributed by atoms with E-state index in [0.717, 1.165) is 5.82 Å². The van der Waals surface area contributed by atoms with Gasteiger partial charge in [-0.15, -0.1) is 0 Å². The largest absolute Gasteiger partial charge is 0.468 e. The minimum atomic E-state index is -3.62. The maximum Gasteiger partial charge on any atom is 0.322 e. The summed E-state index contributed by atoms with van der Waals surface area (Å²) in [6, 6.07) is 3.55. The predicted molar refractivity (Wildman–Crippen MR) is 78.2 cm³/mol. The molecule has 1 aliphatic heterocycles. The Kier molecular flexibility index (Phi) is 4.63. The number of ether oxygens (including phenoxy) is 1. The van der Waals surface area contributed by atoms with Crippen LogP contribution in [-0.4, -0.2) is 62.7 Å². The SMILES string of the molecule is COC(=O)CS(=O)(=O)N1CCN(c2ccc(N)cn2)CC1. The molecule has 116 valence electrons. The van der Waals surface area contributed by atoms with E-state index in [1.807, 2.05) is 4.90 Å². The zero-order chi connectivity index (χ0) is 15.5. The lowest BCUT2D eigenvalue weighted by molar-refractivity contribution is -0.137. The van der Waals surface area contributed by atoms with Crippen LogP contribution in [-0.2, 0) is 19.6 Å². The molecule has 0 spiro atoms. The van der Waals surface area contributed by atoms with Gasteiger partial charge in [-0.25, -0.2) is 13.4 Å². The summed E-state index contributed by atoms with van der Waals surface area (Å²) in [5.41, 5.74) is 6.16. The van der Waals surface area contributed by atoms with Gasteiger partial charge in [0.15, 0.2) is 5.75 Å². The highest BCUT2D eigenvalue weighted by molar-refractivity contribution is 7.89. The van der Waals surface area contributed by atoms with Crippen LogP contribution in [0.5, 0.6) is 0 Å². The van der Waals surface area contributed by atoms with Crippen molar-refractivity contribution in [3.63, 3.8) is 0 Å². The van der Waals surface area contributed by atoms with Crippen LogP contribution in [0, 0.1) is 0 Å². The van der Waals surface area contributed by atoms with Gasteiger partial charge < -0.3 is 15.4 Å². The molecule has 0 saturated carbocycles. The van der Waals surface area contributed by atoms with Crippen molar-refractivity contribution in [3.8, 4) is 0 Å². The summed E-state index contributed by atoms with van der Waals surface area (Å²) in [6.07, 6.45) is 1.57. The Balaban J connectivity index is 1.97. The van der Waals surface area contributed by atoms with Gasteiger partial charge in [0.2, 0.25) is 10.0 Å². The first-order valence-electron chi connectivity index (χ1n) is 6.43. The number of aromatic nitrogens is 1. The van der Waals surface area contributed by atoms with Crippen LogP contribution in [0.15, 0.2) is 18.3 Å². The van der Waals surface area contributed by atoms with Crippen LogP contribution in [0.25, 0.3) is 0 Å². The third-order valence-electron chi connectivity index (χ3n) is 3.25. The van der Waals surface area contributed by atoms with E-state index in [9.17, 15) is 13.2 Å². The molecule has 8 nitrogen and oxygen atoms in total. The Morgan fingerprint density at radius 3 is 2.52 bits per heavy atom. The second-order valence-corrected chi connectivity index (χ2v) is 6.64. The standard InChI is InChI=1S/C12H18N4O4S/c1-20-12(17)9-21(18,19)16-6-4-15(5-7-16)11-3-2-10(13)8-14-11/h2-3,8H,4-7,9,13H2,1H3. The van der Waals surface area contributed by atoms with Crippen molar-refractivity contribution in [3.05, 3.63) is 18.3 Å². The summed E-state index contributed by atoms with van der Waals surface area (Å²) in [4.78, 5) is 17.3. The number of nitrogen functional groups attached to an aromatic ring is 1. The lowest BCUT2D eigenvalue weighted by atomic mass is 10.3. The van der Waals surface area contributed by atoms with E-state index in [1.54, 1.807) is 18.3 Å². The van der Waals surface area contributed by atoms with Gasteiger partial charge in [0.05, 0.1) is 19.0 Å². The molecular formula is C12H18N4O4S. The monoisotopic (exact) mass is 314 g/mol. The molecule has 2 heterocycles. The molecule has 1 fully saturated rings. The van der Waals surface area contributed by atoms with Crippen molar-refractivity contribution < 1.29 is 17.9 Å². The lowest BCUT2D eigenvalue weighted by Gasteiger charge is -2.34. The van der Waals surface area contributed by atoms with Crippen LogP contribution in [0.1, 0.15) is 0 Å². The second kappa shape index (κ2) is 6.27. The number of carbonyl (C=O) groups is 1. The molecule has 2 N–H and O–H groups in total. The van der Waals surface area contributed by atoms with Crippen molar-refractivity contribution in [1.82, 2.24) is 9.29 Å². The molecule has 0 bridgehead atoms. The van der Waals surface area contributed by atoms with E-state index < -0.39 is 21.7 Å².